The molecule has 0 atom stereocenters. The van der Waals surface area contributed by atoms with Crippen molar-refractivity contribution in [2.75, 3.05) is 6.67 Å². The number of hydrogen-bond acceptors (Lipinski definition) is 1. The van der Waals surface area contributed by atoms with Crippen LogP contribution in [0.25, 0.3) is 10.9 Å². The summed E-state index contributed by atoms with van der Waals surface area (Å²) in [5.74, 6) is -0.0671. The first kappa shape index (κ1) is 17.2. The van der Waals surface area contributed by atoms with E-state index in [1.165, 1.54) is 0 Å². The summed E-state index contributed by atoms with van der Waals surface area (Å²) in [6.45, 7) is 1.04. The molecule has 0 spiro atoms. The smallest absolute Gasteiger partial charge is 0.253 e. The molecule has 0 unspecified atom stereocenters. The van der Waals surface area contributed by atoms with Crippen LogP contribution in [-0.2, 0) is 13.1 Å². The molecule has 0 saturated heterocycles. The monoisotopic (exact) mass is 338 g/mol. The van der Waals surface area contributed by atoms with Gasteiger partial charge in [0.2, 0.25) is 0 Å². The molecule has 1 heterocycles. The minimum atomic E-state index is -0.264. The quantitative estimate of drug-likeness (QED) is 0.593. The van der Waals surface area contributed by atoms with E-state index >= 15 is 0 Å². The van der Waals surface area contributed by atoms with Gasteiger partial charge in [0.15, 0.2) is 0 Å². The van der Waals surface area contributed by atoms with E-state index in [1.807, 2.05) is 60.8 Å². The van der Waals surface area contributed by atoms with Crippen molar-refractivity contribution in [2.45, 2.75) is 32.4 Å². The van der Waals surface area contributed by atoms with Crippen molar-refractivity contribution in [1.82, 2.24) is 9.88 Å². The van der Waals surface area contributed by atoms with Gasteiger partial charge in [-0.05, 0) is 30.9 Å². The Bertz CT molecular complexity index is 826. The van der Waals surface area contributed by atoms with Gasteiger partial charge >= 0.3 is 0 Å². The highest BCUT2D eigenvalue weighted by Crippen LogP contribution is 2.22. The second-order valence-electron chi connectivity index (χ2n) is 6.17. The number of hydrogen-bond donors (Lipinski definition) is 1. The van der Waals surface area contributed by atoms with E-state index in [-0.39, 0.29) is 12.6 Å². The van der Waals surface area contributed by atoms with Crippen LogP contribution >= 0.6 is 0 Å². The third kappa shape index (κ3) is 4.27. The summed E-state index contributed by atoms with van der Waals surface area (Å²) >= 11 is 0. The van der Waals surface area contributed by atoms with Crippen LogP contribution in [0.15, 0.2) is 60.8 Å². The first-order valence-corrected chi connectivity index (χ1v) is 8.75. The SMILES string of the molecule is O=C(NCc1ccccc1)c1cn(CCCCCF)c2ccccc12. The summed E-state index contributed by atoms with van der Waals surface area (Å²) in [6, 6.07) is 17.8. The van der Waals surface area contributed by atoms with E-state index in [9.17, 15) is 9.18 Å². The van der Waals surface area contributed by atoms with Gasteiger partial charge in [0.05, 0.1) is 12.2 Å². The summed E-state index contributed by atoms with van der Waals surface area (Å²) in [7, 11) is 0. The predicted molar refractivity (Wildman–Crippen MR) is 99.4 cm³/mol. The van der Waals surface area contributed by atoms with Crippen LogP contribution in [0.4, 0.5) is 4.39 Å². The van der Waals surface area contributed by atoms with E-state index in [2.05, 4.69) is 9.88 Å². The number of unbranched alkanes of at least 4 members (excludes halogenated alkanes) is 2. The molecule has 1 amide bonds. The van der Waals surface area contributed by atoms with Gasteiger partial charge in [0.1, 0.15) is 0 Å². The molecule has 0 bridgehead atoms. The van der Waals surface area contributed by atoms with Gasteiger partial charge in [-0.15, -0.1) is 0 Å². The Morgan fingerprint density at radius 2 is 1.72 bits per heavy atom. The molecule has 3 nitrogen and oxygen atoms in total. The van der Waals surface area contributed by atoms with Gasteiger partial charge in [-0.1, -0.05) is 48.5 Å². The van der Waals surface area contributed by atoms with E-state index in [0.717, 1.165) is 35.9 Å². The lowest BCUT2D eigenvalue weighted by Gasteiger charge is -2.04. The van der Waals surface area contributed by atoms with Gasteiger partial charge in [0, 0.05) is 30.2 Å². The molecule has 0 aliphatic heterocycles. The molecule has 2 aromatic carbocycles. The fourth-order valence-corrected chi connectivity index (χ4v) is 3.04. The summed E-state index contributed by atoms with van der Waals surface area (Å²) in [5, 5.41) is 3.95. The average molecular weight is 338 g/mol. The minimum Gasteiger partial charge on any atom is -0.348 e. The van der Waals surface area contributed by atoms with Gasteiger partial charge < -0.3 is 9.88 Å². The number of benzene rings is 2. The Morgan fingerprint density at radius 1 is 0.960 bits per heavy atom. The van der Waals surface area contributed by atoms with E-state index in [0.29, 0.717) is 18.5 Å². The van der Waals surface area contributed by atoms with Crippen molar-refractivity contribution in [3.05, 3.63) is 71.9 Å². The number of amides is 1. The zero-order valence-corrected chi connectivity index (χ0v) is 14.2. The number of fused-ring (bicyclic) bond motifs is 1. The number of nitrogens with zero attached hydrogens (tertiary/aromatic N) is 1. The molecule has 0 fully saturated rings. The number of carbonyl (C=O) groups is 1. The average Bonchev–Trinajstić information content (AvgIpc) is 3.03. The standard InChI is InChI=1S/C21H23FN2O/c22-13-7-2-8-14-24-16-19(18-11-5-6-12-20(18)24)21(25)23-15-17-9-3-1-4-10-17/h1,3-6,9-12,16H,2,7-8,13-15H2,(H,23,25). The van der Waals surface area contributed by atoms with E-state index in [1.54, 1.807) is 0 Å². The number of alkyl halides is 1. The molecule has 0 aliphatic rings. The van der Waals surface area contributed by atoms with Crippen LogP contribution in [0.1, 0.15) is 35.2 Å². The molecule has 4 heteroatoms. The highest BCUT2D eigenvalue weighted by molar-refractivity contribution is 6.06. The van der Waals surface area contributed by atoms with E-state index < -0.39 is 0 Å². The Balaban J connectivity index is 1.75. The Morgan fingerprint density at radius 3 is 2.52 bits per heavy atom. The molecule has 0 aliphatic carbocycles. The van der Waals surface area contributed by atoms with Gasteiger partial charge in [-0.2, -0.15) is 0 Å². The summed E-state index contributed by atoms with van der Waals surface area (Å²) in [4.78, 5) is 12.6. The van der Waals surface area contributed by atoms with Crippen molar-refractivity contribution in [2.24, 2.45) is 0 Å². The molecule has 0 saturated carbocycles. The molecule has 1 aromatic heterocycles. The molecular weight excluding hydrogens is 315 g/mol. The van der Waals surface area contributed by atoms with Crippen LogP contribution in [0.2, 0.25) is 0 Å². The third-order valence-corrected chi connectivity index (χ3v) is 4.36. The fraction of sp³-hybridized carbons (Fsp3) is 0.286. The second-order valence-corrected chi connectivity index (χ2v) is 6.17. The zero-order chi connectivity index (χ0) is 17.5. The van der Waals surface area contributed by atoms with Gasteiger partial charge in [0.25, 0.3) is 5.91 Å². The normalized spacial score (nSPS) is 10.9. The number of para-hydroxylation sites is 1. The second kappa shape index (κ2) is 8.47. The van der Waals surface area contributed by atoms with Gasteiger partial charge in [-0.3, -0.25) is 9.18 Å². The number of rotatable bonds is 8. The van der Waals surface area contributed by atoms with Crippen molar-refractivity contribution in [1.29, 1.82) is 0 Å². The topological polar surface area (TPSA) is 34.0 Å². The third-order valence-electron chi connectivity index (χ3n) is 4.36. The number of nitrogens with one attached hydrogen (secondary N) is 1. The lowest BCUT2D eigenvalue weighted by molar-refractivity contribution is 0.0952. The first-order valence-electron chi connectivity index (χ1n) is 8.75. The maximum Gasteiger partial charge on any atom is 0.253 e. The Kier molecular flexibility index (Phi) is 5.83. The number of halogens is 1. The first-order chi connectivity index (χ1) is 12.3. The number of aromatic nitrogens is 1. The van der Waals surface area contributed by atoms with Crippen molar-refractivity contribution < 1.29 is 9.18 Å². The molecule has 3 rings (SSSR count). The maximum atomic E-state index is 12.6. The van der Waals surface area contributed by atoms with Crippen molar-refractivity contribution >= 4 is 16.8 Å². The molecular formula is C21H23FN2O. The number of aryl methyl sites for hydroxylation is 1. The maximum absolute atomic E-state index is 12.6. The molecule has 1 N–H and O–H groups in total. The van der Waals surface area contributed by atoms with E-state index in [4.69, 9.17) is 0 Å². The highest BCUT2D eigenvalue weighted by atomic mass is 19.1. The molecule has 0 radical (unpaired) electrons. The molecule has 25 heavy (non-hydrogen) atoms. The van der Waals surface area contributed by atoms with Crippen molar-refractivity contribution in [3.63, 3.8) is 0 Å². The van der Waals surface area contributed by atoms with Gasteiger partial charge in [-0.25, -0.2) is 0 Å². The predicted octanol–water partition coefficient (Wildman–Crippen LogP) is 4.71. The van der Waals surface area contributed by atoms with Crippen LogP contribution in [0.3, 0.4) is 0 Å². The van der Waals surface area contributed by atoms with Crippen LogP contribution in [-0.4, -0.2) is 17.1 Å². The summed E-state index contributed by atoms with van der Waals surface area (Å²) in [6.07, 6.45) is 4.29. The molecule has 130 valence electrons. The van der Waals surface area contributed by atoms with Crippen LogP contribution in [0, 0.1) is 0 Å². The van der Waals surface area contributed by atoms with Crippen LogP contribution < -0.4 is 5.32 Å². The Hall–Kier alpha value is -2.62. The summed E-state index contributed by atoms with van der Waals surface area (Å²) in [5.41, 5.74) is 2.82. The number of carbonyl (C=O) groups excluding carboxylic acids is 1. The fourth-order valence-electron chi connectivity index (χ4n) is 3.04. The summed E-state index contributed by atoms with van der Waals surface area (Å²) < 4.78 is 14.3. The highest BCUT2D eigenvalue weighted by Gasteiger charge is 2.14. The lowest BCUT2D eigenvalue weighted by atomic mass is 10.1. The minimum absolute atomic E-state index is 0.0671. The molecule has 3 aromatic rings. The zero-order valence-electron chi connectivity index (χ0n) is 14.2. The lowest BCUT2D eigenvalue weighted by Crippen LogP contribution is -2.22. The van der Waals surface area contributed by atoms with Crippen LogP contribution in [0.5, 0.6) is 0 Å². The largest absolute Gasteiger partial charge is 0.348 e. The Labute approximate surface area is 147 Å². The van der Waals surface area contributed by atoms with Crippen molar-refractivity contribution in [3.8, 4) is 0 Å².